The minimum Gasteiger partial charge on any atom is -0.478 e. The van der Waals surface area contributed by atoms with Gasteiger partial charge in [0.2, 0.25) is 5.91 Å². The number of aromatic carboxylic acids is 1. The van der Waals surface area contributed by atoms with Gasteiger partial charge in [0.05, 0.1) is 11.3 Å². The molecule has 0 unspecified atom stereocenters. The summed E-state index contributed by atoms with van der Waals surface area (Å²) in [4.78, 5) is 23.2. The zero-order valence-electron chi connectivity index (χ0n) is 11.4. The summed E-state index contributed by atoms with van der Waals surface area (Å²) in [7, 11) is 0. The molecule has 2 N–H and O–H groups in total. The molecule has 5 heteroatoms. The number of carboxylic acid groups (broad SMARTS) is 1. The quantitative estimate of drug-likeness (QED) is 0.877. The Morgan fingerprint density at radius 2 is 1.90 bits per heavy atom. The number of benzene rings is 1. The van der Waals surface area contributed by atoms with Crippen molar-refractivity contribution in [1.82, 2.24) is 0 Å². The molecule has 2 rings (SSSR count). The van der Waals surface area contributed by atoms with E-state index in [1.54, 1.807) is 6.07 Å². The van der Waals surface area contributed by atoms with Crippen molar-refractivity contribution in [2.24, 2.45) is 11.8 Å². The highest BCUT2D eigenvalue weighted by molar-refractivity contribution is 9.10. The Bertz CT molecular complexity index is 522. The van der Waals surface area contributed by atoms with Crippen molar-refractivity contribution in [3.05, 3.63) is 28.2 Å². The van der Waals surface area contributed by atoms with E-state index >= 15 is 0 Å². The maximum Gasteiger partial charge on any atom is 0.335 e. The molecule has 0 aromatic heterocycles. The van der Waals surface area contributed by atoms with E-state index in [1.165, 1.54) is 12.1 Å². The summed E-state index contributed by atoms with van der Waals surface area (Å²) in [6, 6.07) is 4.63. The molecule has 0 radical (unpaired) electrons. The van der Waals surface area contributed by atoms with Gasteiger partial charge in [0.15, 0.2) is 0 Å². The number of carbonyl (C=O) groups excluding carboxylic acids is 1. The summed E-state index contributed by atoms with van der Waals surface area (Å²) >= 11 is 3.33. The molecule has 0 aliphatic heterocycles. The largest absolute Gasteiger partial charge is 0.478 e. The highest BCUT2D eigenvalue weighted by Crippen LogP contribution is 2.30. The lowest BCUT2D eigenvalue weighted by molar-refractivity contribution is -0.121. The van der Waals surface area contributed by atoms with Crippen LogP contribution in [0.25, 0.3) is 0 Å². The van der Waals surface area contributed by atoms with Gasteiger partial charge in [-0.2, -0.15) is 0 Å². The smallest absolute Gasteiger partial charge is 0.335 e. The van der Waals surface area contributed by atoms with Crippen LogP contribution in [0.2, 0.25) is 0 Å². The van der Waals surface area contributed by atoms with Gasteiger partial charge < -0.3 is 10.4 Å². The molecule has 0 saturated heterocycles. The second-order valence-corrected chi connectivity index (χ2v) is 6.30. The fourth-order valence-corrected chi connectivity index (χ4v) is 2.86. The number of carboxylic acids is 1. The normalized spacial score (nSPS) is 22.3. The van der Waals surface area contributed by atoms with Crippen molar-refractivity contribution in [2.75, 3.05) is 5.32 Å². The molecular weight excluding hydrogens is 322 g/mol. The maximum absolute atomic E-state index is 12.2. The molecular formula is C15H18BrNO3. The van der Waals surface area contributed by atoms with E-state index < -0.39 is 5.97 Å². The van der Waals surface area contributed by atoms with Crippen molar-refractivity contribution < 1.29 is 14.7 Å². The van der Waals surface area contributed by atoms with Crippen molar-refractivity contribution in [3.8, 4) is 0 Å². The number of nitrogens with one attached hydrogen (secondary N) is 1. The third-order valence-corrected chi connectivity index (χ3v) is 4.55. The molecule has 1 fully saturated rings. The zero-order valence-corrected chi connectivity index (χ0v) is 12.9. The van der Waals surface area contributed by atoms with Crippen LogP contribution in [-0.4, -0.2) is 17.0 Å². The Morgan fingerprint density at radius 3 is 2.50 bits per heavy atom. The van der Waals surface area contributed by atoms with Gasteiger partial charge in [-0.1, -0.05) is 6.92 Å². The SMILES string of the molecule is CC1CCC(C(=O)Nc2cc(C(=O)O)ccc2Br)CC1. The summed E-state index contributed by atoms with van der Waals surface area (Å²) in [6.45, 7) is 2.21. The molecule has 1 aromatic carbocycles. The van der Waals surface area contributed by atoms with E-state index in [4.69, 9.17) is 5.11 Å². The lowest BCUT2D eigenvalue weighted by Gasteiger charge is -2.25. The van der Waals surface area contributed by atoms with Crippen molar-refractivity contribution in [2.45, 2.75) is 32.6 Å². The fourth-order valence-electron chi connectivity index (χ4n) is 2.51. The van der Waals surface area contributed by atoms with E-state index in [0.717, 1.165) is 25.7 Å². The first-order valence-corrected chi connectivity index (χ1v) is 7.60. The Kier molecular flexibility index (Phi) is 4.81. The molecule has 108 valence electrons. The first-order chi connectivity index (χ1) is 9.47. The monoisotopic (exact) mass is 339 g/mol. The molecule has 0 heterocycles. The lowest BCUT2D eigenvalue weighted by Crippen LogP contribution is -2.26. The van der Waals surface area contributed by atoms with Crippen LogP contribution in [-0.2, 0) is 4.79 Å². The zero-order chi connectivity index (χ0) is 14.7. The highest BCUT2D eigenvalue weighted by atomic mass is 79.9. The average Bonchev–Trinajstić information content (AvgIpc) is 2.41. The third kappa shape index (κ3) is 3.60. The summed E-state index contributed by atoms with van der Waals surface area (Å²) in [5.41, 5.74) is 0.689. The van der Waals surface area contributed by atoms with Crippen LogP contribution in [0.4, 0.5) is 5.69 Å². The molecule has 4 nitrogen and oxygen atoms in total. The van der Waals surface area contributed by atoms with Crippen LogP contribution in [0, 0.1) is 11.8 Å². The van der Waals surface area contributed by atoms with Crippen LogP contribution in [0.1, 0.15) is 43.0 Å². The van der Waals surface area contributed by atoms with Gasteiger partial charge in [0.25, 0.3) is 0 Å². The Morgan fingerprint density at radius 1 is 1.25 bits per heavy atom. The van der Waals surface area contributed by atoms with E-state index in [9.17, 15) is 9.59 Å². The van der Waals surface area contributed by atoms with Crippen LogP contribution in [0.3, 0.4) is 0 Å². The summed E-state index contributed by atoms with van der Waals surface area (Å²) in [6.07, 6.45) is 3.97. The van der Waals surface area contributed by atoms with Crippen LogP contribution in [0.15, 0.2) is 22.7 Å². The number of carbonyl (C=O) groups is 2. The Balaban J connectivity index is 2.07. The minimum atomic E-state index is -1.00. The molecule has 0 atom stereocenters. The predicted molar refractivity (Wildman–Crippen MR) is 80.9 cm³/mol. The Hall–Kier alpha value is -1.36. The van der Waals surface area contributed by atoms with Crippen molar-refractivity contribution in [1.29, 1.82) is 0 Å². The van der Waals surface area contributed by atoms with Crippen molar-refractivity contribution in [3.63, 3.8) is 0 Å². The minimum absolute atomic E-state index is 0.0138. The third-order valence-electron chi connectivity index (χ3n) is 3.86. The van der Waals surface area contributed by atoms with Gasteiger partial charge in [0.1, 0.15) is 0 Å². The number of anilines is 1. The molecule has 1 aliphatic rings. The molecule has 0 spiro atoms. The second kappa shape index (κ2) is 6.39. The number of rotatable bonds is 3. The molecule has 1 saturated carbocycles. The number of halogens is 1. The van der Waals surface area contributed by atoms with Crippen LogP contribution in [0.5, 0.6) is 0 Å². The number of amides is 1. The van der Waals surface area contributed by atoms with Gasteiger partial charge in [0, 0.05) is 10.4 Å². The van der Waals surface area contributed by atoms with Gasteiger partial charge >= 0.3 is 5.97 Å². The van der Waals surface area contributed by atoms with Crippen LogP contribution >= 0.6 is 15.9 Å². The molecule has 1 aliphatic carbocycles. The average molecular weight is 340 g/mol. The van der Waals surface area contributed by atoms with Gasteiger partial charge in [-0.3, -0.25) is 4.79 Å². The van der Waals surface area contributed by atoms with Crippen molar-refractivity contribution >= 4 is 33.5 Å². The Labute approximate surface area is 126 Å². The van der Waals surface area contributed by atoms with E-state index in [0.29, 0.717) is 16.1 Å². The lowest BCUT2D eigenvalue weighted by atomic mass is 9.82. The maximum atomic E-state index is 12.2. The number of hydrogen-bond donors (Lipinski definition) is 2. The van der Waals surface area contributed by atoms with E-state index in [2.05, 4.69) is 28.2 Å². The first-order valence-electron chi connectivity index (χ1n) is 6.81. The second-order valence-electron chi connectivity index (χ2n) is 5.45. The van der Waals surface area contributed by atoms with E-state index in [-0.39, 0.29) is 17.4 Å². The standard InChI is InChI=1S/C15H18BrNO3/c1-9-2-4-10(5-3-9)14(18)17-13-8-11(15(19)20)6-7-12(13)16/h6-10H,2-5H2,1H3,(H,17,18)(H,19,20). The van der Waals surface area contributed by atoms with Gasteiger partial charge in [-0.15, -0.1) is 0 Å². The summed E-state index contributed by atoms with van der Waals surface area (Å²) in [5.74, 6) is -0.285. The fraction of sp³-hybridized carbons (Fsp3) is 0.467. The number of hydrogen-bond acceptors (Lipinski definition) is 2. The molecule has 1 amide bonds. The first kappa shape index (κ1) is 15.0. The molecule has 0 bridgehead atoms. The summed E-state index contributed by atoms with van der Waals surface area (Å²) in [5, 5.41) is 11.8. The van der Waals surface area contributed by atoms with E-state index in [1.807, 2.05) is 0 Å². The highest BCUT2D eigenvalue weighted by Gasteiger charge is 2.24. The molecule has 1 aromatic rings. The topological polar surface area (TPSA) is 66.4 Å². The summed E-state index contributed by atoms with van der Waals surface area (Å²) < 4.78 is 0.694. The van der Waals surface area contributed by atoms with Crippen LogP contribution < -0.4 is 5.32 Å². The van der Waals surface area contributed by atoms with Gasteiger partial charge in [-0.25, -0.2) is 4.79 Å². The molecule has 20 heavy (non-hydrogen) atoms. The van der Waals surface area contributed by atoms with Gasteiger partial charge in [-0.05, 0) is 65.7 Å². The predicted octanol–water partition coefficient (Wildman–Crippen LogP) is 3.91.